The summed E-state index contributed by atoms with van der Waals surface area (Å²) in [5.41, 5.74) is 1.04. The first kappa shape index (κ1) is 20.5. The Morgan fingerprint density at radius 2 is 1.94 bits per heavy atom. The number of hydrogen-bond donors (Lipinski definition) is 6. The molecule has 0 bridgehead atoms. The van der Waals surface area contributed by atoms with Gasteiger partial charge < -0.3 is 49.8 Å². The minimum Gasteiger partial charge on any atom is -0.453 e. The number of hydrogen-bond acceptors (Lipinski definition) is 11. The van der Waals surface area contributed by atoms with E-state index in [0.717, 1.165) is 0 Å². The molecule has 0 spiro atoms. The largest absolute Gasteiger partial charge is 0.453 e. The van der Waals surface area contributed by atoms with E-state index in [-0.39, 0.29) is 36.0 Å². The normalized spacial score (nSPS) is 36.2. The highest BCUT2D eigenvalue weighted by atomic mass is 16.9. The zero-order valence-corrected chi connectivity index (χ0v) is 16.0. The number of ether oxygens (including phenoxy) is 5. The second kappa shape index (κ2) is 7.60. The number of benzene rings is 1. The van der Waals surface area contributed by atoms with E-state index in [9.17, 15) is 30.3 Å². The van der Waals surface area contributed by atoms with Gasteiger partial charge in [0, 0.05) is 0 Å². The van der Waals surface area contributed by atoms with Gasteiger partial charge in [-0.05, 0) is 23.6 Å². The first-order valence-electron chi connectivity index (χ1n) is 9.67. The second-order valence-electron chi connectivity index (χ2n) is 7.55. The predicted octanol–water partition coefficient (Wildman–Crippen LogP) is -2.21. The Kier molecular flexibility index (Phi) is 5.01. The van der Waals surface area contributed by atoms with Crippen LogP contribution in [0.15, 0.2) is 12.1 Å². The Morgan fingerprint density at radius 1 is 1.13 bits per heavy atom. The molecule has 0 saturated carbocycles. The molecule has 4 aliphatic rings. The Labute approximate surface area is 175 Å². The second-order valence-corrected chi connectivity index (χ2v) is 7.55. The fourth-order valence-corrected chi connectivity index (χ4v) is 4.09. The quantitative estimate of drug-likeness (QED) is 0.301. The molecule has 6 N–H and O–H groups in total. The fraction of sp³-hybridized carbons (Fsp3) is 0.526. The van der Waals surface area contributed by atoms with Gasteiger partial charge in [0.2, 0.25) is 12.5 Å². The Bertz CT molecular complexity index is 934. The van der Waals surface area contributed by atoms with Gasteiger partial charge in [0.15, 0.2) is 17.8 Å². The summed E-state index contributed by atoms with van der Waals surface area (Å²) in [6.07, 6.45) is -4.70. The number of aliphatic hydroxyl groups is 5. The smallest absolute Gasteiger partial charge is 0.318 e. The molecular weight excluding hydrogens is 418 g/mol. The molecule has 1 aliphatic carbocycles. The van der Waals surface area contributed by atoms with E-state index in [0.29, 0.717) is 11.1 Å². The fourth-order valence-electron chi connectivity index (χ4n) is 4.09. The minimum absolute atomic E-state index is 0.0590. The Balaban J connectivity index is 1.57. The number of rotatable bonds is 3. The number of aliphatic hydroxyl groups excluding tert-OH is 5. The average molecular weight is 439 g/mol. The van der Waals surface area contributed by atoms with Crippen molar-refractivity contribution in [1.29, 1.82) is 0 Å². The number of carbonyl (C=O) groups is 1. The van der Waals surface area contributed by atoms with Crippen molar-refractivity contribution in [2.24, 2.45) is 0 Å². The van der Waals surface area contributed by atoms with Crippen LogP contribution < -0.4 is 19.5 Å². The van der Waals surface area contributed by atoms with Crippen molar-refractivity contribution in [1.82, 2.24) is 5.32 Å². The first-order valence-corrected chi connectivity index (χ1v) is 9.67. The molecule has 3 heterocycles. The van der Waals surface area contributed by atoms with E-state index in [4.69, 9.17) is 23.7 Å². The predicted molar refractivity (Wildman–Crippen MR) is 97.9 cm³/mol. The summed E-state index contributed by atoms with van der Waals surface area (Å²) in [5, 5.41) is 52.0. The van der Waals surface area contributed by atoms with Crippen LogP contribution >= 0.6 is 0 Å². The summed E-state index contributed by atoms with van der Waals surface area (Å²) in [5.74, 6) is -0.307. The number of nitrogens with one attached hydrogen (secondary N) is 1. The number of amides is 1. The summed E-state index contributed by atoms with van der Waals surface area (Å²) in [7, 11) is 0. The maximum Gasteiger partial charge on any atom is 0.318 e. The van der Waals surface area contributed by atoms with Gasteiger partial charge >= 0.3 is 6.48 Å². The topological polar surface area (TPSA) is 176 Å². The van der Waals surface area contributed by atoms with Crippen molar-refractivity contribution in [3.63, 3.8) is 0 Å². The van der Waals surface area contributed by atoms with Crippen LogP contribution in [0.5, 0.6) is 17.2 Å². The molecule has 0 aromatic heterocycles. The Morgan fingerprint density at radius 3 is 2.71 bits per heavy atom. The van der Waals surface area contributed by atoms with Crippen LogP contribution in [0.2, 0.25) is 0 Å². The van der Waals surface area contributed by atoms with Gasteiger partial charge in [-0.25, -0.2) is 0 Å². The third-order valence-corrected chi connectivity index (χ3v) is 5.70. The molecule has 12 nitrogen and oxygen atoms in total. The third kappa shape index (κ3) is 3.24. The van der Waals surface area contributed by atoms with Crippen LogP contribution in [0.3, 0.4) is 0 Å². The molecule has 1 saturated heterocycles. The van der Waals surface area contributed by atoms with Gasteiger partial charge in [-0.2, -0.15) is 0 Å². The monoisotopic (exact) mass is 439 g/mol. The third-order valence-electron chi connectivity index (χ3n) is 5.70. The van der Waals surface area contributed by atoms with E-state index in [1.807, 2.05) is 0 Å². The average Bonchev–Trinajstić information content (AvgIpc) is 3.22. The molecule has 3 aliphatic heterocycles. The summed E-state index contributed by atoms with van der Waals surface area (Å²) < 4.78 is 27.0. The molecule has 12 heteroatoms. The zero-order valence-electron chi connectivity index (χ0n) is 16.0. The lowest BCUT2D eigenvalue weighted by atomic mass is 9.80. The molecule has 168 valence electrons. The first-order chi connectivity index (χ1) is 14.9. The van der Waals surface area contributed by atoms with Crippen LogP contribution in [0.1, 0.15) is 22.3 Å². The molecule has 0 radical (unpaired) electrons. The van der Waals surface area contributed by atoms with E-state index < -0.39 is 55.7 Å². The van der Waals surface area contributed by atoms with E-state index >= 15 is 0 Å². The molecule has 5 rings (SSSR count). The van der Waals surface area contributed by atoms with Crippen molar-refractivity contribution < 1.29 is 54.0 Å². The molecule has 1 unspecified atom stereocenters. The molecule has 1 aromatic rings. The van der Waals surface area contributed by atoms with Gasteiger partial charge in [0.05, 0.1) is 24.3 Å². The molecular formula is C19H21NO11. The number of carbonyl (C=O) groups excluding carboxylic acids is 1. The lowest BCUT2D eigenvalue weighted by Gasteiger charge is -2.38. The van der Waals surface area contributed by atoms with E-state index in [1.54, 1.807) is 12.1 Å². The SMILES string of the molecule is O=C1NC2C(=CC[C@@H](O)[C@H]2O)c2cc3c(c(O[C@@H]4O[C@@H](O)[C@H](O)[C@@H](CO)O4)c21)OCO3. The highest BCUT2D eigenvalue weighted by molar-refractivity contribution is 6.07. The van der Waals surface area contributed by atoms with Gasteiger partial charge in [-0.15, -0.1) is 0 Å². The van der Waals surface area contributed by atoms with Gasteiger partial charge in [0.1, 0.15) is 18.3 Å². The lowest BCUT2D eigenvalue weighted by molar-refractivity contribution is -0.388. The van der Waals surface area contributed by atoms with Crippen molar-refractivity contribution in [2.45, 2.75) is 49.6 Å². The van der Waals surface area contributed by atoms with Crippen molar-refractivity contribution in [3.8, 4) is 17.2 Å². The number of fused-ring (bicyclic) bond motifs is 4. The van der Waals surface area contributed by atoms with Crippen LogP contribution in [0, 0.1) is 0 Å². The molecule has 1 amide bonds. The standard InChI is InChI=1S/C19H21NO11/c21-4-10-14(24)18(26)31-19(29-10)30-16-11-7(3-9-15(16)28-5-27-9)6-1-2-8(22)13(23)12(6)20-17(11)25/h1,3,8,10,12-14,18-19,21-24,26H,2,4-5H2,(H,20,25)/t8-,10-,12?,13-,14-,18-,19-/m1/s1. The Hall–Kier alpha value is -2.45. The van der Waals surface area contributed by atoms with Gasteiger partial charge in [-0.3, -0.25) is 9.53 Å². The molecule has 31 heavy (non-hydrogen) atoms. The summed E-state index contributed by atoms with van der Waals surface area (Å²) in [4.78, 5) is 13.0. The molecule has 1 fully saturated rings. The zero-order chi connectivity index (χ0) is 21.9. The summed E-state index contributed by atoms with van der Waals surface area (Å²) >= 11 is 0. The van der Waals surface area contributed by atoms with Crippen LogP contribution in [0.4, 0.5) is 0 Å². The van der Waals surface area contributed by atoms with Crippen molar-refractivity contribution >= 4 is 11.5 Å². The van der Waals surface area contributed by atoms with E-state index in [1.165, 1.54) is 0 Å². The minimum atomic E-state index is -1.70. The van der Waals surface area contributed by atoms with Crippen LogP contribution in [-0.2, 0) is 9.47 Å². The lowest BCUT2D eigenvalue weighted by Crippen LogP contribution is -2.54. The van der Waals surface area contributed by atoms with Crippen LogP contribution in [0.25, 0.3) is 5.57 Å². The van der Waals surface area contributed by atoms with Gasteiger partial charge in [-0.1, -0.05) is 6.08 Å². The van der Waals surface area contributed by atoms with E-state index in [2.05, 4.69) is 5.32 Å². The van der Waals surface area contributed by atoms with Crippen molar-refractivity contribution in [3.05, 3.63) is 23.3 Å². The summed E-state index contributed by atoms with van der Waals surface area (Å²) in [6.45, 7) is -2.32. The maximum absolute atomic E-state index is 13.0. The molecule has 1 aromatic carbocycles. The maximum atomic E-state index is 13.0. The van der Waals surface area contributed by atoms with Gasteiger partial charge in [0.25, 0.3) is 5.91 Å². The van der Waals surface area contributed by atoms with Crippen LogP contribution in [-0.4, -0.2) is 88.1 Å². The highest BCUT2D eigenvalue weighted by Crippen LogP contribution is 2.49. The highest BCUT2D eigenvalue weighted by Gasteiger charge is 2.44. The summed E-state index contributed by atoms with van der Waals surface area (Å²) in [6, 6.07) is 0.763. The molecule has 7 atom stereocenters. The van der Waals surface area contributed by atoms with Crippen molar-refractivity contribution in [2.75, 3.05) is 13.4 Å².